The molecule has 0 saturated carbocycles. The molecule has 33 heavy (non-hydrogen) atoms. The van der Waals surface area contributed by atoms with Crippen molar-refractivity contribution >= 4 is 17.5 Å². The number of carbonyl (C=O) groups excluding carboxylic acids is 1. The second-order valence-corrected chi connectivity index (χ2v) is 8.46. The summed E-state index contributed by atoms with van der Waals surface area (Å²) in [7, 11) is 5.70. The van der Waals surface area contributed by atoms with Gasteiger partial charge in [0.2, 0.25) is 0 Å². The zero-order chi connectivity index (χ0) is 23.6. The number of nitrogens with zero attached hydrogens (tertiary/aromatic N) is 3. The fourth-order valence-electron chi connectivity index (χ4n) is 3.43. The van der Waals surface area contributed by atoms with Gasteiger partial charge in [-0.3, -0.25) is 9.78 Å². The van der Waals surface area contributed by atoms with Gasteiger partial charge in [-0.1, -0.05) is 29.8 Å². The van der Waals surface area contributed by atoms with Crippen LogP contribution in [0.3, 0.4) is 0 Å². The first-order valence-electron chi connectivity index (χ1n) is 10.8. The maximum Gasteiger partial charge on any atom is 0.254 e. The first-order valence-corrected chi connectivity index (χ1v) is 11.2. The molecule has 0 saturated heterocycles. The highest BCUT2D eigenvalue weighted by molar-refractivity contribution is 6.30. The number of aromatic nitrogens is 1. The molecule has 3 aromatic rings. The highest BCUT2D eigenvalue weighted by atomic mass is 35.5. The molecule has 1 heterocycles. The van der Waals surface area contributed by atoms with E-state index in [1.165, 1.54) is 0 Å². The van der Waals surface area contributed by atoms with E-state index in [-0.39, 0.29) is 5.91 Å². The van der Waals surface area contributed by atoms with Gasteiger partial charge in [-0.15, -0.1) is 0 Å². The zero-order valence-corrected chi connectivity index (χ0v) is 20.1. The van der Waals surface area contributed by atoms with Gasteiger partial charge in [0, 0.05) is 42.6 Å². The zero-order valence-electron chi connectivity index (χ0n) is 19.3. The summed E-state index contributed by atoms with van der Waals surface area (Å²) in [6.07, 6.45) is 4.39. The maximum absolute atomic E-state index is 13.4. The monoisotopic (exact) mass is 467 g/mol. The van der Waals surface area contributed by atoms with Gasteiger partial charge in [0.1, 0.15) is 0 Å². The number of ether oxygens (including phenoxy) is 2. The molecule has 2 aromatic carbocycles. The van der Waals surface area contributed by atoms with Crippen molar-refractivity contribution in [3.8, 4) is 11.5 Å². The lowest BCUT2D eigenvalue weighted by atomic mass is 10.1. The molecule has 6 nitrogen and oxygen atoms in total. The summed E-state index contributed by atoms with van der Waals surface area (Å²) >= 11 is 6.13. The summed E-state index contributed by atoms with van der Waals surface area (Å²) in [5.41, 5.74) is 2.43. The minimum atomic E-state index is -0.106. The number of amides is 1. The van der Waals surface area contributed by atoms with Crippen molar-refractivity contribution in [2.45, 2.75) is 19.5 Å². The van der Waals surface area contributed by atoms with E-state index in [1.54, 1.807) is 48.7 Å². The highest BCUT2D eigenvalue weighted by Crippen LogP contribution is 2.29. The molecule has 0 aliphatic rings. The number of halogens is 1. The maximum atomic E-state index is 13.4. The lowest BCUT2D eigenvalue weighted by Gasteiger charge is -2.24. The van der Waals surface area contributed by atoms with E-state index in [1.807, 2.05) is 44.4 Å². The molecule has 174 valence electrons. The number of hydrogen-bond acceptors (Lipinski definition) is 5. The lowest BCUT2D eigenvalue weighted by molar-refractivity contribution is 0.0729. The summed E-state index contributed by atoms with van der Waals surface area (Å²) in [4.78, 5) is 21.5. The Labute approximate surface area is 200 Å². The molecule has 0 N–H and O–H groups in total. The van der Waals surface area contributed by atoms with Crippen molar-refractivity contribution in [1.29, 1.82) is 0 Å². The van der Waals surface area contributed by atoms with Gasteiger partial charge in [0.15, 0.2) is 11.5 Å². The van der Waals surface area contributed by atoms with E-state index in [2.05, 4.69) is 9.88 Å². The molecule has 0 unspecified atom stereocenters. The van der Waals surface area contributed by atoms with Gasteiger partial charge in [-0.25, -0.2) is 0 Å². The Balaban J connectivity index is 1.82. The Hall–Kier alpha value is -3.09. The van der Waals surface area contributed by atoms with Gasteiger partial charge in [-0.2, -0.15) is 0 Å². The quantitative estimate of drug-likeness (QED) is 0.375. The van der Waals surface area contributed by atoms with E-state index in [9.17, 15) is 4.79 Å². The van der Waals surface area contributed by atoms with Crippen molar-refractivity contribution < 1.29 is 14.3 Å². The van der Waals surface area contributed by atoms with Crippen LogP contribution in [0.1, 0.15) is 27.9 Å². The molecule has 0 spiro atoms. The fraction of sp³-hybridized carbons (Fsp3) is 0.308. The van der Waals surface area contributed by atoms with Crippen molar-refractivity contribution in [2.24, 2.45) is 0 Å². The number of carbonyl (C=O) groups is 1. The van der Waals surface area contributed by atoms with Gasteiger partial charge < -0.3 is 19.3 Å². The summed E-state index contributed by atoms with van der Waals surface area (Å²) in [6.45, 7) is 2.34. The summed E-state index contributed by atoms with van der Waals surface area (Å²) in [5.74, 6) is 1.24. The molecule has 1 amide bonds. The van der Waals surface area contributed by atoms with Crippen LogP contribution in [0, 0.1) is 0 Å². The summed E-state index contributed by atoms with van der Waals surface area (Å²) in [5, 5.41) is 0.528. The van der Waals surface area contributed by atoms with E-state index in [4.69, 9.17) is 21.1 Å². The molecule has 3 rings (SSSR count). The number of methoxy groups -OCH3 is 1. The summed E-state index contributed by atoms with van der Waals surface area (Å²) in [6, 6.07) is 16.6. The van der Waals surface area contributed by atoms with E-state index < -0.39 is 0 Å². The number of benzene rings is 2. The molecule has 0 bridgehead atoms. The minimum absolute atomic E-state index is 0.106. The lowest BCUT2D eigenvalue weighted by Crippen LogP contribution is -2.30. The third-order valence-electron chi connectivity index (χ3n) is 5.06. The normalized spacial score (nSPS) is 10.8. The molecule has 0 aliphatic heterocycles. The third kappa shape index (κ3) is 7.48. The van der Waals surface area contributed by atoms with Crippen molar-refractivity contribution in [2.75, 3.05) is 34.4 Å². The van der Waals surface area contributed by atoms with E-state index in [0.717, 1.165) is 24.1 Å². The number of pyridine rings is 1. The average Bonchev–Trinajstić information content (AvgIpc) is 2.81. The van der Waals surface area contributed by atoms with Crippen LogP contribution in [0.5, 0.6) is 11.5 Å². The largest absolute Gasteiger partial charge is 0.493 e. The predicted octanol–water partition coefficient (Wildman–Crippen LogP) is 4.92. The van der Waals surface area contributed by atoms with Crippen molar-refractivity contribution in [3.63, 3.8) is 0 Å². The molecular formula is C26H30ClN3O3. The topological polar surface area (TPSA) is 54.9 Å². The van der Waals surface area contributed by atoms with Crippen LogP contribution in [0.4, 0.5) is 0 Å². The van der Waals surface area contributed by atoms with Crippen LogP contribution >= 0.6 is 11.6 Å². The number of rotatable bonds is 11. The van der Waals surface area contributed by atoms with Crippen LogP contribution in [0.15, 0.2) is 67.0 Å². The molecule has 0 fully saturated rings. The Morgan fingerprint density at radius 2 is 1.82 bits per heavy atom. The Bertz CT molecular complexity index is 1040. The van der Waals surface area contributed by atoms with Crippen molar-refractivity contribution in [3.05, 3.63) is 88.7 Å². The average molecular weight is 468 g/mol. The van der Waals surface area contributed by atoms with Crippen LogP contribution in [-0.4, -0.2) is 55.0 Å². The second-order valence-electron chi connectivity index (χ2n) is 8.02. The molecule has 1 aromatic heterocycles. The van der Waals surface area contributed by atoms with Crippen LogP contribution in [-0.2, 0) is 13.1 Å². The Kier molecular flexibility index (Phi) is 9.10. The van der Waals surface area contributed by atoms with E-state index >= 15 is 0 Å². The molecular weight excluding hydrogens is 438 g/mol. The highest BCUT2D eigenvalue weighted by Gasteiger charge is 2.18. The first-order chi connectivity index (χ1) is 16.0. The Morgan fingerprint density at radius 1 is 1.00 bits per heavy atom. The van der Waals surface area contributed by atoms with Gasteiger partial charge in [0.25, 0.3) is 5.91 Å². The van der Waals surface area contributed by atoms with E-state index in [0.29, 0.717) is 41.8 Å². The van der Waals surface area contributed by atoms with Gasteiger partial charge >= 0.3 is 0 Å². The smallest absolute Gasteiger partial charge is 0.254 e. The fourth-order valence-corrected chi connectivity index (χ4v) is 3.62. The molecule has 0 aliphatic carbocycles. The predicted molar refractivity (Wildman–Crippen MR) is 131 cm³/mol. The number of hydrogen-bond donors (Lipinski definition) is 0. The third-order valence-corrected chi connectivity index (χ3v) is 5.30. The van der Waals surface area contributed by atoms with Gasteiger partial charge in [-0.05, 0) is 68.0 Å². The van der Waals surface area contributed by atoms with Gasteiger partial charge in [0.05, 0.1) is 13.7 Å². The standard InChI is InChI=1S/C26H30ClN3O3/c1-29(2)13-6-14-33-25-15-20(10-11-24(25)32-3)18-30(19-21-7-5-12-28-17-21)26(31)22-8-4-9-23(27)16-22/h4-5,7-12,15-17H,6,13-14,18-19H2,1-3H3. The molecule has 7 heteroatoms. The SMILES string of the molecule is COc1ccc(CN(Cc2cccnc2)C(=O)c2cccc(Cl)c2)cc1OCCCN(C)C. The van der Waals surface area contributed by atoms with Crippen LogP contribution in [0.25, 0.3) is 0 Å². The van der Waals surface area contributed by atoms with Crippen molar-refractivity contribution in [1.82, 2.24) is 14.8 Å². The van der Waals surface area contributed by atoms with Crippen LogP contribution in [0.2, 0.25) is 5.02 Å². The minimum Gasteiger partial charge on any atom is -0.493 e. The Morgan fingerprint density at radius 3 is 2.52 bits per heavy atom. The first kappa shape index (κ1) is 24.6. The molecule has 0 radical (unpaired) electrons. The summed E-state index contributed by atoms with van der Waals surface area (Å²) < 4.78 is 11.5. The van der Waals surface area contributed by atoms with Crippen LogP contribution < -0.4 is 9.47 Å². The molecule has 0 atom stereocenters. The second kappa shape index (κ2) is 12.2.